The third-order valence-corrected chi connectivity index (χ3v) is 4.03. The predicted octanol–water partition coefficient (Wildman–Crippen LogP) is 2.28. The molecule has 5 heteroatoms. The lowest BCUT2D eigenvalue weighted by molar-refractivity contribution is 0.00578. The molecule has 0 amide bonds. The normalized spacial score (nSPS) is 21.2. The van der Waals surface area contributed by atoms with E-state index in [2.05, 4.69) is 0 Å². The molecule has 0 unspecified atom stereocenters. The molecule has 0 bridgehead atoms. The molecule has 1 aliphatic rings. The first-order valence-corrected chi connectivity index (χ1v) is 6.78. The van der Waals surface area contributed by atoms with E-state index in [0.29, 0.717) is 11.2 Å². The molecule has 3 N–H and O–H groups in total. The van der Waals surface area contributed by atoms with E-state index in [1.807, 2.05) is 58.0 Å². The van der Waals surface area contributed by atoms with Crippen molar-refractivity contribution < 1.29 is 14.4 Å². The van der Waals surface area contributed by atoms with Crippen molar-refractivity contribution in [2.24, 2.45) is 0 Å². The molecular weight excluding hydrogens is 253 g/mol. The number of benzene rings is 1. The lowest BCUT2D eigenvalue weighted by Gasteiger charge is -2.32. The van der Waals surface area contributed by atoms with Gasteiger partial charge in [0.1, 0.15) is 0 Å². The van der Waals surface area contributed by atoms with Crippen LogP contribution in [0.5, 0.6) is 0 Å². The van der Waals surface area contributed by atoms with E-state index in [4.69, 9.17) is 15.0 Å². The van der Waals surface area contributed by atoms with Gasteiger partial charge in [0.2, 0.25) is 0 Å². The number of nitrogens with two attached hydrogens (primary N) is 1. The summed E-state index contributed by atoms with van der Waals surface area (Å²) in [6.07, 6.45) is 1.88. The van der Waals surface area contributed by atoms with Gasteiger partial charge >= 0.3 is 7.12 Å². The lowest BCUT2D eigenvalue weighted by Crippen LogP contribution is -2.41. The summed E-state index contributed by atoms with van der Waals surface area (Å²) in [5.41, 5.74) is 7.21. The summed E-state index contributed by atoms with van der Waals surface area (Å²) in [6.45, 7) is 7.86. The Bertz CT molecular complexity index is 492. The minimum absolute atomic E-state index is 0.110. The van der Waals surface area contributed by atoms with Gasteiger partial charge in [-0.15, -0.1) is 0 Å². The van der Waals surface area contributed by atoms with Crippen LogP contribution >= 0.6 is 0 Å². The van der Waals surface area contributed by atoms with Gasteiger partial charge in [0.15, 0.2) is 0 Å². The zero-order valence-corrected chi connectivity index (χ0v) is 12.5. The van der Waals surface area contributed by atoms with Gasteiger partial charge in [-0.2, -0.15) is 0 Å². The van der Waals surface area contributed by atoms with Gasteiger partial charge < -0.3 is 20.1 Å². The number of aliphatic hydroxyl groups is 1. The Labute approximate surface area is 120 Å². The maximum Gasteiger partial charge on any atom is 0.492 e. The van der Waals surface area contributed by atoms with Crippen LogP contribution in [0.25, 0.3) is 6.08 Å². The molecule has 1 saturated heterocycles. The molecule has 1 aliphatic heterocycles. The topological polar surface area (TPSA) is 64.7 Å². The first kappa shape index (κ1) is 15.1. The first-order valence-electron chi connectivity index (χ1n) is 6.78. The van der Waals surface area contributed by atoms with Crippen LogP contribution < -0.4 is 5.73 Å². The van der Waals surface area contributed by atoms with Crippen LogP contribution in [0.3, 0.4) is 0 Å². The zero-order valence-electron chi connectivity index (χ0n) is 12.5. The maximum atomic E-state index is 9.59. The number of hydrogen-bond acceptors (Lipinski definition) is 4. The number of nitrogen functional groups attached to an aromatic ring is 1. The van der Waals surface area contributed by atoms with Gasteiger partial charge in [-0.3, -0.25) is 0 Å². The molecule has 20 heavy (non-hydrogen) atoms. The van der Waals surface area contributed by atoms with E-state index < -0.39 is 18.3 Å². The third-order valence-electron chi connectivity index (χ3n) is 4.03. The van der Waals surface area contributed by atoms with Gasteiger partial charge in [0, 0.05) is 5.69 Å². The van der Waals surface area contributed by atoms with Gasteiger partial charge in [-0.05, 0) is 50.9 Å². The molecular formula is C15H22BNO3. The van der Waals surface area contributed by atoms with Crippen molar-refractivity contribution in [3.05, 3.63) is 35.3 Å². The first-order chi connectivity index (χ1) is 9.25. The maximum absolute atomic E-state index is 9.59. The van der Waals surface area contributed by atoms with Crippen LogP contribution in [0.1, 0.15) is 33.3 Å². The summed E-state index contributed by atoms with van der Waals surface area (Å²) in [6, 6.07) is 7.45. The summed E-state index contributed by atoms with van der Waals surface area (Å²) >= 11 is 0. The summed E-state index contributed by atoms with van der Waals surface area (Å²) in [7, 11) is -0.525. The molecule has 0 saturated carbocycles. The highest BCUT2D eigenvalue weighted by Crippen LogP contribution is 2.38. The highest BCUT2D eigenvalue weighted by Gasteiger charge is 2.52. The van der Waals surface area contributed by atoms with E-state index in [9.17, 15) is 5.11 Å². The lowest BCUT2D eigenvalue weighted by atomic mass is 9.77. The second-order valence-corrected chi connectivity index (χ2v) is 6.13. The molecule has 108 valence electrons. The van der Waals surface area contributed by atoms with Crippen LogP contribution in [-0.2, 0) is 9.31 Å². The Morgan fingerprint density at radius 3 is 2.10 bits per heavy atom. The second kappa shape index (κ2) is 5.24. The smallest absolute Gasteiger partial charge is 0.400 e. The number of hydrogen-bond donors (Lipinski definition) is 2. The average Bonchev–Trinajstić information content (AvgIpc) is 2.57. The molecule has 1 heterocycles. The summed E-state index contributed by atoms with van der Waals surface area (Å²) in [5, 5.41) is 9.59. The fourth-order valence-corrected chi connectivity index (χ4v) is 1.99. The van der Waals surface area contributed by atoms with Crippen molar-refractivity contribution in [1.29, 1.82) is 0 Å². The second-order valence-electron chi connectivity index (χ2n) is 6.13. The monoisotopic (exact) mass is 275 g/mol. The van der Waals surface area contributed by atoms with Crippen molar-refractivity contribution in [2.75, 3.05) is 12.3 Å². The van der Waals surface area contributed by atoms with E-state index in [-0.39, 0.29) is 6.61 Å². The van der Waals surface area contributed by atoms with E-state index >= 15 is 0 Å². The minimum Gasteiger partial charge on any atom is -0.400 e. The largest absolute Gasteiger partial charge is 0.492 e. The van der Waals surface area contributed by atoms with Crippen molar-refractivity contribution in [3.63, 3.8) is 0 Å². The van der Waals surface area contributed by atoms with Gasteiger partial charge in [0.25, 0.3) is 0 Å². The van der Waals surface area contributed by atoms with Crippen molar-refractivity contribution >= 4 is 18.9 Å². The number of aliphatic hydroxyl groups excluding tert-OH is 1. The molecule has 0 atom stereocenters. The minimum atomic E-state index is -0.525. The molecule has 0 aliphatic carbocycles. The molecule has 0 aromatic heterocycles. The quantitative estimate of drug-likeness (QED) is 0.656. The van der Waals surface area contributed by atoms with Crippen molar-refractivity contribution in [3.8, 4) is 0 Å². The Kier molecular flexibility index (Phi) is 3.96. The van der Waals surface area contributed by atoms with Crippen LogP contribution in [0.2, 0.25) is 0 Å². The Morgan fingerprint density at radius 2 is 1.65 bits per heavy atom. The standard InChI is InChI=1S/C15H22BNO3/c1-14(2)15(3,4)20-16(19-14)12(10-18)9-11-5-7-13(17)8-6-11/h5-9,18H,10,17H2,1-4H3. The molecule has 0 radical (unpaired) electrons. The summed E-state index contributed by atoms with van der Waals surface area (Å²) < 4.78 is 11.9. The van der Waals surface area contributed by atoms with Crippen LogP contribution in [0.15, 0.2) is 29.7 Å². The number of rotatable bonds is 3. The van der Waals surface area contributed by atoms with Crippen molar-refractivity contribution in [2.45, 2.75) is 38.9 Å². The van der Waals surface area contributed by atoms with E-state index in [1.54, 1.807) is 0 Å². The average molecular weight is 275 g/mol. The van der Waals surface area contributed by atoms with Crippen molar-refractivity contribution in [1.82, 2.24) is 0 Å². The molecule has 4 nitrogen and oxygen atoms in total. The Balaban J connectivity index is 2.24. The fourth-order valence-electron chi connectivity index (χ4n) is 1.99. The summed E-state index contributed by atoms with van der Waals surface area (Å²) in [5.74, 6) is 0. The van der Waals surface area contributed by atoms with Crippen LogP contribution in [0, 0.1) is 0 Å². The molecule has 0 spiro atoms. The van der Waals surface area contributed by atoms with E-state index in [1.165, 1.54) is 0 Å². The van der Waals surface area contributed by atoms with Crippen LogP contribution in [0.4, 0.5) is 5.69 Å². The Morgan fingerprint density at radius 1 is 1.15 bits per heavy atom. The molecule has 2 rings (SSSR count). The van der Waals surface area contributed by atoms with Crippen LogP contribution in [-0.4, -0.2) is 30.0 Å². The summed E-state index contributed by atoms with van der Waals surface area (Å²) in [4.78, 5) is 0. The third kappa shape index (κ3) is 2.90. The van der Waals surface area contributed by atoms with Gasteiger partial charge in [0.05, 0.1) is 17.8 Å². The zero-order chi connectivity index (χ0) is 15.0. The highest BCUT2D eigenvalue weighted by molar-refractivity contribution is 6.55. The fraction of sp³-hybridized carbons (Fsp3) is 0.467. The van der Waals surface area contributed by atoms with Gasteiger partial charge in [-0.1, -0.05) is 18.2 Å². The van der Waals surface area contributed by atoms with Gasteiger partial charge in [-0.25, -0.2) is 0 Å². The SMILES string of the molecule is CC1(C)OB(C(=Cc2ccc(N)cc2)CO)OC1(C)C. The molecule has 1 fully saturated rings. The Hall–Kier alpha value is -1.30. The molecule has 1 aromatic carbocycles. The predicted molar refractivity (Wildman–Crippen MR) is 82.0 cm³/mol. The number of anilines is 1. The molecule has 1 aromatic rings. The highest BCUT2D eigenvalue weighted by atomic mass is 16.7. The van der Waals surface area contributed by atoms with E-state index in [0.717, 1.165) is 5.56 Å².